The smallest absolute Gasteiger partial charge is 0.322 e. The van der Waals surface area contributed by atoms with Crippen molar-refractivity contribution in [1.29, 1.82) is 0 Å². The number of ether oxygens (including phenoxy) is 2. The molecule has 4 heterocycles. The Bertz CT molecular complexity index is 1030. The van der Waals surface area contributed by atoms with E-state index in [0.29, 0.717) is 31.6 Å². The fourth-order valence-electron chi connectivity index (χ4n) is 5.77. The number of piperidine rings is 1. The zero-order valence-electron chi connectivity index (χ0n) is 23.7. The highest BCUT2D eigenvalue weighted by Gasteiger charge is 2.27. The van der Waals surface area contributed by atoms with E-state index in [4.69, 9.17) is 14.5 Å². The first-order valence-corrected chi connectivity index (χ1v) is 14.8. The molecule has 3 aliphatic rings. The molecule has 0 atom stereocenters. The molecule has 0 aliphatic carbocycles. The van der Waals surface area contributed by atoms with Gasteiger partial charge in [0, 0.05) is 45.4 Å². The van der Waals surface area contributed by atoms with Gasteiger partial charge in [-0.2, -0.15) is 0 Å². The van der Waals surface area contributed by atoms with Crippen LogP contribution in [-0.2, 0) is 16.0 Å². The number of likely N-dealkylation sites (tertiary alicyclic amines) is 1. The number of morpholine rings is 1. The maximum atomic E-state index is 13.6. The predicted molar refractivity (Wildman–Crippen MR) is 156 cm³/mol. The quantitative estimate of drug-likeness (QED) is 0.531. The van der Waals surface area contributed by atoms with Crippen molar-refractivity contribution >= 4 is 17.5 Å². The molecule has 0 unspecified atom stereocenters. The van der Waals surface area contributed by atoms with E-state index in [0.717, 1.165) is 83.1 Å². The maximum Gasteiger partial charge on any atom is 0.322 e. The summed E-state index contributed by atoms with van der Waals surface area (Å²) in [5.74, 6) is 1.97. The number of urea groups is 1. The number of anilines is 2. The third kappa shape index (κ3) is 7.71. The largest absolute Gasteiger partial charge is 0.381 e. The molecule has 2 aromatic rings. The molecule has 2 amide bonds. The van der Waals surface area contributed by atoms with Gasteiger partial charge in [-0.05, 0) is 73.9 Å². The summed E-state index contributed by atoms with van der Waals surface area (Å²) >= 11 is 0. The van der Waals surface area contributed by atoms with Crippen LogP contribution in [0.3, 0.4) is 0 Å². The fourth-order valence-corrected chi connectivity index (χ4v) is 5.77. The zero-order valence-corrected chi connectivity index (χ0v) is 23.7. The van der Waals surface area contributed by atoms with Crippen LogP contribution in [0.5, 0.6) is 0 Å². The predicted octanol–water partition coefficient (Wildman–Crippen LogP) is 4.65. The molecule has 5 rings (SSSR count). The van der Waals surface area contributed by atoms with Crippen LogP contribution in [0.2, 0.25) is 0 Å². The third-order valence-electron chi connectivity index (χ3n) is 8.37. The number of aromatic nitrogens is 1. The highest BCUT2D eigenvalue weighted by Crippen LogP contribution is 2.25. The lowest BCUT2D eigenvalue weighted by Gasteiger charge is -2.36. The van der Waals surface area contributed by atoms with E-state index >= 15 is 0 Å². The normalized spacial score (nSPS) is 19.8. The second-order valence-corrected chi connectivity index (χ2v) is 11.5. The monoisotopic (exact) mass is 535 g/mol. The van der Waals surface area contributed by atoms with Crippen molar-refractivity contribution < 1.29 is 14.3 Å². The van der Waals surface area contributed by atoms with E-state index in [-0.39, 0.29) is 12.1 Å². The molecule has 0 spiro atoms. The average molecular weight is 536 g/mol. The van der Waals surface area contributed by atoms with Crippen LogP contribution in [0.25, 0.3) is 0 Å². The average Bonchev–Trinajstić information content (AvgIpc) is 2.98. The number of carbonyl (C=O) groups excluding carboxylic acids is 1. The summed E-state index contributed by atoms with van der Waals surface area (Å²) in [5.41, 5.74) is 3.63. The van der Waals surface area contributed by atoms with Crippen molar-refractivity contribution in [3.05, 3.63) is 53.7 Å². The molecule has 1 N–H and O–H groups in total. The number of nitrogens with zero attached hydrogens (tertiary/aromatic N) is 4. The van der Waals surface area contributed by atoms with E-state index < -0.39 is 0 Å². The minimum atomic E-state index is -0.0181. The lowest BCUT2D eigenvalue weighted by atomic mass is 9.95. The molecule has 1 aromatic carbocycles. The number of nitrogens with one attached hydrogen (secondary N) is 1. The first-order valence-electron chi connectivity index (χ1n) is 14.8. The molecule has 8 nitrogen and oxygen atoms in total. The Kier molecular flexibility index (Phi) is 9.71. The molecule has 3 saturated heterocycles. The first-order chi connectivity index (χ1) is 19.0. The van der Waals surface area contributed by atoms with E-state index in [1.807, 2.05) is 17.2 Å². The Morgan fingerprint density at radius 2 is 1.64 bits per heavy atom. The van der Waals surface area contributed by atoms with Gasteiger partial charge in [-0.1, -0.05) is 38.1 Å². The van der Waals surface area contributed by atoms with E-state index in [1.54, 1.807) is 0 Å². The highest BCUT2D eigenvalue weighted by atomic mass is 16.5. The molecule has 1 aromatic heterocycles. The number of benzene rings is 1. The first kappa shape index (κ1) is 27.9. The second kappa shape index (κ2) is 13.6. The van der Waals surface area contributed by atoms with Gasteiger partial charge in [-0.25, -0.2) is 9.78 Å². The van der Waals surface area contributed by atoms with Crippen molar-refractivity contribution in [2.75, 3.05) is 69.0 Å². The van der Waals surface area contributed by atoms with Gasteiger partial charge in [0.05, 0.1) is 25.1 Å². The molecule has 3 fully saturated rings. The number of pyridine rings is 1. The zero-order chi connectivity index (χ0) is 27.0. The molecule has 212 valence electrons. The minimum absolute atomic E-state index is 0.0181. The van der Waals surface area contributed by atoms with Crippen molar-refractivity contribution in [2.24, 2.45) is 5.92 Å². The van der Waals surface area contributed by atoms with E-state index in [9.17, 15) is 4.79 Å². The lowest BCUT2D eigenvalue weighted by molar-refractivity contribution is 0.0803. The fraction of sp³-hybridized carbons (Fsp3) is 0.613. The summed E-state index contributed by atoms with van der Waals surface area (Å²) in [6.45, 7) is 12.9. The minimum Gasteiger partial charge on any atom is -0.381 e. The Labute approximate surface area is 233 Å². The number of carbonyl (C=O) groups is 1. The van der Waals surface area contributed by atoms with Crippen molar-refractivity contribution in [1.82, 2.24) is 15.2 Å². The van der Waals surface area contributed by atoms with Crippen LogP contribution in [0.15, 0.2) is 42.6 Å². The summed E-state index contributed by atoms with van der Waals surface area (Å²) in [6.07, 6.45) is 5.77. The summed E-state index contributed by atoms with van der Waals surface area (Å²) in [7, 11) is 0. The number of hydrogen-bond donors (Lipinski definition) is 1. The highest BCUT2D eigenvalue weighted by molar-refractivity contribution is 5.92. The Hall–Kier alpha value is -2.68. The van der Waals surface area contributed by atoms with Gasteiger partial charge in [0.15, 0.2) is 0 Å². The SMILES string of the molecule is CC(C)c1ccc(CN2CCC(CN(C(=O)NC3CCOCC3)c3ccc(N4CCOCC4)nc3)CC2)cc1. The summed E-state index contributed by atoms with van der Waals surface area (Å²) in [5, 5.41) is 3.28. The van der Waals surface area contributed by atoms with Crippen molar-refractivity contribution in [3.8, 4) is 0 Å². The Morgan fingerprint density at radius 3 is 2.28 bits per heavy atom. The molecule has 0 saturated carbocycles. The molecular formula is C31H45N5O3. The van der Waals surface area contributed by atoms with Crippen molar-refractivity contribution in [3.63, 3.8) is 0 Å². The van der Waals surface area contributed by atoms with Crippen LogP contribution >= 0.6 is 0 Å². The molecule has 0 radical (unpaired) electrons. The summed E-state index contributed by atoms with van der Waals surface area (Å²) in [6, 6.07) is 13.3. The van der Waals surface area contributed by atoms with Gasteiger partial charge in [0.25, 0.3) is 0 Å². The van der Waals surface area contributed by atoms with E-state index in [2.05, 4.69) is 59.3 Å². The van der Waals surface area contributed by atoms with Gasteiger partial charge >= 0.3 is 6.03 Å². The lowest BCUT2D eigenvalue weighted by Crippen LogP contribution is -2.49. The molecule has 8 heteroatoms. The topological polar surface area (TPSA) is 70.2 Å². The van der Waals surface area contributed by atoms with Crippen LogP contribution in [-0.4, -0.2) is 81.1 Å². The summed E-state index contributed by atoms with van der Waals surface area (Å²) in [4.78, 5) is 25.0. The molecule has 0 bridgehead atoms. The number of amides is 2. The van der Waals surface area contributed by atoms with Crippen LogP contribution < -0.4 is 15.1 Å². The third-order valence-corrected chi connectivity index (χ3v) is 8.37. The number of rotatable bonds is 8. The van der Waals surface area contributed by atoms with Crippen LogP contribution in [0.4, 0.5) is 16.3 Å². The Balaban J connectivity index is 1.20. The van der Waals surface area contributed by atoms with Crippen LogP contribution in [0, 0.1) is 5.92 Å². The van der Waals surface area contributed by atoms with Crippen LogP contribution in [0.1, 0.15) is 56.6 Å². The van der Waals surface area contributed by atoms with E-state index in [1.165, 1.54) is 11.1 Å². The van der Waals surface area contributed by atoms with Gasteiger partial charge < -0.3 is 19.7 Å². The molecule has 39 heavy (non-hydrogen) atoms. The second-order valence-electron chi connectivity index (χ2n) is 11.5. The number of hydrogen-bond acceptors (Lipinski definition) is 6. The van der Waals surface area contributed by atoms with Gasteiger partial charge in [-0.15, -0.1) is 0 Å². The maximum absolute atomic E-state index is 13.6. The molecular weight excluding hydrogens is 490 g/mol. The molecule has 3 aliphatic heterocycles. The van der Waals surface area contributed by atoms with Gasteiger partial charge in [-0.3, -0.25) is 9.80 Å². The standard InChI is InChI=1S/C31H45N5O3/c1-24(2)27-5-3-25(4-6-27)22-34-13-9-26(10-14-34)23-36(31(37)33-28-11-17-38-18-12-28)29-7-8-30(32-21-29)35-15-19-39-20-16-35/h3-8,21,24,26,28H,9-20,22-23H2,1-2H3,(H,33,37). The van der Waals surface area contributed by atoms with Gasteiger partial charge in [0.2, 0.25) is 0 Å². The van der Waals surface area contributed by atoms with Gasteiger partial charge in [0.1, 0.15) is 5.82 Å². The van der Waals surface area contributed by atoms with Crippen molar-refractivity contribution in [2.45, 2.75) is 58.0 Å². The summed E-state index contributed by atoms with van der Waals surface area (Å²) < 4.78 is 11.0. The Morgan fingerprint density at radius 1 is 0.949 bits per heavy atom.